The second-order valence-corrected chi connectivity index (χ2v) is 4.90. The first-order valence-electron chi connectivity index (χ1n) is 5.27. The maximum absolute atomic E-state index is 9.19. The van der Waals surface area contributed by atoms with Gasteiger partial charge in [0.05, 0.1) is 5.69 Å². The SMILES string of the molecule is Cc1nn(C)c(N)c1CSc1ccc(O)cc1. The normalized spacial score (nSPS) is 10.7. The van der Waals surface area contributed by atoms with Gasteiger partial charge in [-0.2, -0.15) is 5.10 Å². The van der Waals surface area contributed by atoms with E-state index in [0.717, 1.165) is 21.9 Å². The first-order valence-corrected chi connectivity index (χ1v) is 6.26. The van der Waals surface area contributed by atoms with Crippen molar-refractivity contribution < 1.29 is 5.11 Å². The molecule has 0 saturated carbocycles. The number of phenols is 1. The zero-order valence-electron chi connectivity index (χ0n) is 9.84. The lowest BCUT2D eigenvalue weighted by molar-refractivity contribution is 0.475. The van der Waals surface area contributed by atoms with Crippen LogP contribution in [0.2, 0.25) is 0 Å². The first-order chi connectivity index (χ1) is 8.08. The summed E-state index contributed by atoms with van der Waals surface area (Å²) in [6, 6.07) is 7.15. The summed E-state index contributed by atoms with van der Waals surface area (Å²) < 4.78 is 1.70. The van der Waals surface area contributed by atoms with Crippen molar-refractivity contribution in [2.24, 2.45) is 7.05 Å². The maximum Gasteiger partial charge on any atom is 0.125 e. The van der Waals surface area contributed by atoms with Gasteiger partial charge in [0.2, 0.25) is 0 Å². The van der Waals surface area contributed by atoms with Crippen molar-refractivity contribution in [1.82, 2.24) is 9.78 Å². The Morgan fingerprint density at radius 1 is 1.35 bits per heavy atom. The minimum atomic E-state index is 0.284. The molecule has 4 nitrogen and oxygen atoms in total. The highest BCUT2D eigenvalue weighted by Gasteiger charge is 2.10. The third-order valence-electron chi connectivity index (χ3n) is 2.61. The number of hydrogen-bond donors (Lipinski definition) is 2. The van der Waals surface area contributed by atoms with E-state index in [2.05, 4.69) is 5.10 Å². The lowest BCUT2D eigenvalue weighted by atomic mass is 10.3. The number of hydrogen-bond acceptors (Lipinski definition) is 4. The summed E-state index contributed by atoms with van der Waals surface area (Å²) in [4.78, 5) is 1.10. The van der Waals surface area contributed by atoms with Crippen LogP contribution in [0.15, 0.2) is 29.2 Å². The summed E-state index contributed by atoms with van der Waals surface area (Å²) in [6.07, 6.45) is 0. The molecule has 0 amide bonds. The zero-order chi connectivity index (χ0) is 12.4. The molecule has 0 unspecified atom stereocenters. The van der Waals surface area contributed by atoms with Crippen molar-refractivity contribution >= 4 is 17.6 Å². The van der Waals surface area contributed by atoms with Crippen LogP contribution in [0.4, 0.5) is 5.82 Å². The smallest absolute Gasteiger partial charge is 0.125 e. The highest BCUT2D eigenvalue weighted by Crippen LogP contribution is 2.28. The van der Waals surface area contributed by atoms with E-state index < -0.39 is 0 Å². The van der Waals surface area contributed by atoms with E-state index in [0.29, 0.717) is 5.82 Å². The van der Waals surface area contributed by atoms with Crippen LogP contribution in [0.25, 0.3) is 0 Å². The number of aromatic nitrogens is 2. The van der Waals surface area contributed by atoms with Crippen molar-refractivity contribution in [2.45, 2.75) is 17.6 Å². The van der Waals surface area contributed by atoms with Gasteiger partial charge in [-0.05, 0) is 31.2 Å². The molecule has 90 valence electrons. The van der Waals surface area contributed by atoms with Gasteiger partial charge in [-0.3, -0.25) is 4.68 Å². The van der Waals surface area contributed by atoms with Crippen molar-refractivity contribution in [3.8, 4) is 5.75 Å². The van der Waals surface area contributed by atoms with Gasteiger partial charge in [0, 0.05) is 23.3 Å². The fourth-order valence-corrected chi connectivity index (χ4v) is 2.59. The van der Waals surface area contributed by atoms with Crippen molar-refractivity contribution in [3.05, 3.63) is 35.5 Å². The molecule has 1 heterocycles. The second-order valence-electron chi connectivity index (χ2n) is 3.86. The Hall–Kier alpha value is -1.62. The van der Waals surface area contributed by atoms with Crippen LogP contribution in [0.1, 0.15) is 11.3 Å². The van der Waals surface area contributed by atoms with E-state index in [1.807, 2.05) is 26.1 Å². The number of nitrogens with zero attached hydrogens (tertiary/aromatic N) is 2. The Balaban J connectivity index is 2.09. The van der Waals surface area contributed by atoms with Gasteiger partial charge in [-0.25, -0.2) is 0 Å². The molecular weight excluding hydrogens is 234 g/mol. The predicted molar refractivity (Wildman–Crippen MR) is 70.0 cm³/mol. The van der Waals surface area contributed by atoms with Gasteiger partial charge >= 0.3 is 0 Å². The van der Waals surface area contributed by atoms with Crippen LogP contribution < -0.4 is 5.73 Å². The third kappa shape index (κ3) is 2.55. The van der Waals surface area contributed by atoms with E-state index in [1.54, 1.807) is 28.6 Å². The van der Waals surface area contributed by atoms with Crippen LogP contribution in [-0.2, 0) is 12.8 Å². The quantitative estimate of drug-likeness (QED) is 0.819. The number of aromatic hydroxyl groups is 1. The Kier molecular flexibility index (Phi) is 3.28. The fraction of sp³-hybridized carbons (Fsp3) is 0.250. The van der Waals surface area contributed by atoms with Gasteiger partial charge in [-0.1, -0.05) is 0 Å². The molecule has 1 aromatic carbocycles. The molecule has 1 aromatic heterocycles. The van der Waals surface area contributed by atoms with Gasteiger partial charge in [0.15, 0.2) is 0 Å². The van der Waals surface area contributed by atoms with E-state index in [9.17, 15) is 5.11 Å². The summed E-state index contributed by atoms with van der Waals surface area (Å²) in [6.45, 7) is 1.96. The Labute approximate surface area is 104 Å². The molecule has 0 bridgehead atoms. The molecular formula is C12H15N3OS. The highest BCUT2D eigenvalue weighted by molar-refractivity contribution is 7.98. The summed E-state index contributed by atoms with van der Waals surface area (Å²) in [5.41, 5.74) is 7.98. The summed E-state index contributed by atoms with van der Waals surface area (Å²) in [7, 11) is 1.84. The average molecular weight is 249 g/mol. The number of thioether (sulfide) groups is 1. The van der Waals surface area contributed by atoms with E-state index in [1.165, 1.54) is 0 Å². The molecule has 0 aliphatic heterocycles. The largest absolute Gasteiger partial charge is 0.508 e. The molecule has 0 atom stereocenters. The molecule has 0 saturated heterocycles. The molecule has 0 radical (unpaired) electrons. The third-order valence-corrected chi connectivity index (χ3v) is 3.65. The van der Waals surface area contributed by atoms with Crippen molar-refractivity contribution in [1.29, 1.82) is 0 Å². The Bertz CT molecular complexity index is 519. The summed E-state index contributed by atoms with van der Waals surface area (Å²) in [5, 5.41) is 13.5. The molecule has 0 fully saturated rings. The summed E-state index contributed by atoms with van der Waals surface area (Å²) in [5.74, 6) is 1.79. The monoisotopic (exact) mass is 249 g/mol. The number of anilines is 1. The number of phenolic OH excluding ortho intramolecular Hbond substituents is 1. The van der Waals surface area contributed by atoms with Crippen LogP contribution in [0.3, 0.4) is 0 Å². The zero-order valence-corrected chi connectivity index (χ0v) is 10.7. The fourth-order valence-electron chi connectivity index (χ4n) is 1.60. The minimum absolute atomic E-state index is 0.284. The van der Waals surface area contributed by atoms with Crippen LogP contribution in [0.5, 0.6) is 5.75 Å². The van der Waals surface area contributed by atoms with E-state index in [4.69, 9.17) is 5.73 Å². The van der Waals surface area contributed by atoms with E-state index >= 15 is 0 Å². The summed E-state index contributed by atoms with van der Waals surface area (Å²) >= 11 is 1.68. The second kappa shape index (κ2) is 4.71. The molecule has 2 aromatic rings. The molecule has 2 rings (SSSR count). The van der Waals surface area contributed by atoms with E-state index in [-0.39, 0.29) is 5.75 Å². The minimum Gasteiger partial charge on any atom is -0.508 e. The predicted octanol–water partition coefficient (Wildman–Crippen LogP) is 2.31. The van der Waals surface area contributed by atoms with Crippen molar-refractivity contribution in [3.63, 3.8) is 0 Å². The molecule has 3 N–H and O–H groups in total. The van der Waals surface area contributed by atoms with Gasteiger partial charge in [0.25, 0.3) is 0 Å². The molecule has 17 heavy (non-hydrogen) atoms. The highest BCUT2D eigenvalue weighted by atomic mass is 32.2. The van der Waals surface area contributed by atoms with Crippen LogP contribution in [0, 0.1) is 6.92 Å². The number of nitrogens with two attached hydrogens (primary N) is 1. The number of rotatable bonds is 3. The standard InChI is InChI=1S/C12H15N3OS/c1-8-11(12(13)15(2)14-8)7-17-10-5-3-9(16)4-6-10/h3-6,16H,7,13H2,1-2H3. The van der Waals surface area contributed by atoms with Gasteiger partial charge in [-0.15, -0.1) is 11.8 Å². The number of nitrogen functional groups attached to an aromatic ring is 1. The van der Waals surface area contributed by atoms with Gasteiger partial charge in [0.1, 0.15) is 11.6 Å². The van der Waals surface area contributed by atoms with Crippen molar-refractivity contribution in [2.75, 3.05) is 5.73 Å². The van der Waals surface area contributed by atoms with Gasteiger partial charge < -0.3 is 10.8 Å². The first kappa shape index (κ1) is 11.9. The maximum atomic E-state index is 9.19. The van der Waals surface area contributed by atoms with Crippen LogP contribution in [-0.4, -0.2) is 14.9 Å². The lowest BCUT2D eigenvalue weighted by Crippen LogP contribution is -1.98. The number of benzene rings is 1. The van der Waals surface area contributed by atoms with Crippen LogP contribution >= 0.6 is 11.8 Å². The topological polar surface area (TPSA) is 64.1 Å². The lowest BCUT2D eigenvalue weighted by Gasteiger charge is -2.02. The average Bonchev–Trinajstić information content (AvgIpc) is 2.54. The molecule has 5 heteroatoms. The number of aryl methyl sites for hydroxylation is 2. The molecule has 0 aliphatic rings. The Morgan fingerprint density at radius 3 is 2.53 bits per heavy atom. The Morgan fingerprint density at radius 2 is 2.00 bits per heavy atom. The molecule has 0 spiro atoms. The molecule has 0 aliphatic carbocycles.